The highest BCUT2D eigenvalue weighted by Gasteiger charge is 2.22. The molecule has 1 N–H and O–H groups in total. The normalized spacial score (nSPS) is 14.4. The molecule has 1 aromatic heterocycles. The Morgan fingerprint density at radius 3 is 2.89 bits per heavy atom. The first-order valence-corrected chi connectivity index (χ1v) is 6.33. The summed E-state index contributed by atoms with van der Waals surface area (Å²) < 4.78 is 15.0. The number of hydrogen-bond acceptors (Lipinski definition) is 2. The van der Waals surface area contributed by atoms with E-state index in [1.165, 1.54) is 23.6 Å². The van der Waals surface area contributed by atoms with E-state index in [9.17, 15) is 9.18 Å². The van der Waals surface area contributed by atoms with Gasteiger partial charge < -0.3 is 5.32 Å². The molecule has 0 aliphatic heterocycles. The van der Waals surface area contributed by atoms with Gasteiger partial charge in [-0.05, 0) is 37.0 Å². The maximum atomic E-state index is 13.6. The van der Waals surface area contributed by atoms with Crippen LogP contribution in [-0.4, -0.2) is 22.2 Å². The van der Waals surface area contributed by atoms with Gasteiger partial charge in [0.05, 0.1) is 0 Å². The Hall–Kier alpha value is -2.17. The Morgan fingerprint density at radius 2 is 2.16 bits per heavy atom. The maximum absolute atomic E-state index is 13.6. The minimum atomic E-state index is -0.365. The molecule has 98 valence electrons. The summed E-state index contributed by atoms with van der Waals surface area (Å²) in [5.41, 5.74) is 0.646. The smallest absolute Gasteiger partial charge is 0.271 e. The minimum absolute atomic E-state index is 0.206. The van der Waals surface area contributed by atoms with Crippen molar-refractivity contribution in [3.63, 3.8) is 0 Å². The zero-order chi connectivity index (χ0) is 13.2. The number of rotatable bonds is 4. The largest absolute Gasteiger partial charge is 0.350 e. The van der Waals surface area contributed by atoms with E-state index >= 15 is 0 Å². The van der Waals surface area contributed by atoms with Gasteiger partial charge in [0.15, 0.2) is 5.69 Å². The molecule has 5 heteroatoms. The maximum Gasteiger partial charge on any atom is 0.271 e. The third-order valence-corrected chi connectivity index (χ3v) is 3.17. The first-order chi connectivity index (χ1) is 9.24. The molecule has 1 aliphatic rings. The van der Waals surface area contributed by atoms with Crippen LogP contribution in [-0.2, 0) is 0 Å². The number of nitrogens with zero attached hydrogens (tertiary/aromatic N) is 2. The highest BCUT2D eigenvalue weighted by molar-refractivity contribution is 5.92. The van der Waals surface area contributed by atoms with E-state index in [0.717, 1.165) is 0 Å². The molecule has 4 nitrogen and oxygen atoms in total. The van der Waals surface area contributed by atoms with Crippen LogP contribution in [0.3, 0.4) is 0 Å². The number of para-hydroxylation sites is 1. The van der Waals surface area contributed by atoms with Gasteiger partial charge in [-0.15, -0.1) is 0 Å². The fraction of sp³-hybridized carbons (Fsp3) is 0.286. The highest BCUT2D eigenvalue weighted by Crippen LogP contribution is 2.27. The van der Waals surface area contributed by atoms with Gasteiger partial charge in [-0.25, -0.2) is 9.07 Å². The number of aromatic nitrogens is 2. The number of halogens is 1. The quantitative estimate of drug-likeness (QED) is 0.914. The number of amides is 1. The van der Waals surface area contributed by atoms with E-state index in [4.69, 9.17) is 0 Å². The zero-order valence-corrected chi connectivity index (χ0v) is 10.3. The average molecular weight is 259 g/mol. The molecular weight excluding hydrogens is 245 g/mol. The predicted molar refractivity (Wildman–Crippen MR) is 68.6 cm³/mol. The van der Waals surface area contributed by atoms with Crippen molar-refractivity contribution in [3.8, 4) is 5.69 Å². The second-order valence-electron chi connectivity index (χ2n) is 4.75. The molecule has 1 aromatic carbocycles. The Labute approximate surface area is 110 Å². The van der Waals surface area contributed by atoms with E-state index in [-0.39, 0.29) is 11.7 Å². The van der Waals surface area contributed by atoms with Crippen molar-refractivity contribution in [3.05, 3.63) is 48.0 Å². The molecule has 0 spiro atoms. The van der Waals surface area contributed by atoms with Crippen molar-refractivity contribution in [1.29, 1.82) is 0 Å². The molecule has 0 radical (unpaired) electrons. The van der Waals surface area contributed by atoms with Gasteiger partial charge in [0, 0.05) is 12.7 Å². The van der Waals surface area contributed by atoms with Crippen molar-refractivity contribution < 1.29 is 9.18 Å². The number of carbonyl (C=O) groups is 1. The van der Waals surface area contributed by atoms with Gasteiger partial charge in [0.2, 0.25) is 0 Å². The molecule has 1 heterocycles. The van der Waals surface area contributed by atoms with Gasteiger partial charge in [0.1, 0.15) is 11.5 Å². The fourth-order valence-electron chi connectivity index (χ4n) is 1.87. The molecule has 2 aromatic rings. The molecule has 0 bridgehead atoms. The molecule has 0 atom stereocenters. The van der Waals surface area contributed by atoms with E-state index < -0.39 is 0 Å². The molecule has 1 aliphatic carbocycles. The lowest BCUT2D eigenvalue weighted by atomic mass is 10.3. The number of carbonyl (C=O) groups excluding carboxylic acids is 1. The third kappa shape index (κ3) is 2.65. The first-order valence-electron chi connectivity index (χ1n) is 6.33. The average Bonchev–Trinajstić information content (AvgIpc) is 3.12. The number of hydrogen-bond donors (Lipinski definition) is 1. The molecular formula is C14H14FN3O. The lowest BCUT2D eigenvalue weighted by molar-refractivity contribution is 0.0946. The lowest BCUT2D eigenvalue weighted by Gasteiger charge is -2.03. The zero-order valence-electron chi connectivity index (χ0n) is 10.3. The highest BCUT2D eigenvalue weighted by atomic mass is 19.1. The van der Waals surface area contributed by atoms with E-state index in [1.54, 1.807) is 30.5 Å². The summed E-state index contributed by atoms with van der Waals surface area (Å²) in [7, 11) is 0. The van der Waals surface area contributed by atoms with Crippen LogP contribution in [0.2, 0.25) is 0 Å². The monoisotopic (exact) mass is 259 g/mol. The number of nitrogens with one attached hydrogen (secondary N) is 1. The van der Waals surface area contributed by atoms with Crippen LogP contribution in [0.4, 0.5) is 4.39 Å². The molecule has 0 saturated heterocycles. The van der Waals surface area contributed by atoms with Gasteiger partial charge in [-0.3, -0.25) is 4.79 Å². The Bertz CT molecular complexity index is 604. The second kappa shape index (κ2) is 4.84. The summed E-state index contributed by atoms with van der Waals surface area (Å²) in [5.74, 6) is 0.0510. The van der Waals surface area contributed by atoms with Crippen LogP contribution in [0.1, 0.15) is 23.3 Å². The van der Waals surface area contributed by atoms with Crippen LogP contribution in [0.5, 0.6) is 0 Å². The van der Waals surface area contributed by atoms with Gasteiger partial charge in [0.25, 0.3) is 5.91 Å². The Kier molecular flexibility index (Phi) is 3.03. The Balaban J connectivity index is 1.75. The molecule has 3 rings (SSSR count). The van der Waals surface area contributed by atoms with Gasteiger partial charge in [-0.2, -0.15) is 5.10 Å². The summed E-state index contributed by atoms with van der Waals surface area (Å²) in [6.45, 7) is 0.700. The van der Waals surface area contributed by atoms with E-state index in [1.807, 2.05) is 0 Å². The van der Waals surface area contributed by atoms with Gasteiger partial charge >= 0.3 is 0 Å². The molecule has 0 unspecified atom stereocenters. The van der Waals surface area contributed by atoms with Crippen LogP contribution in [0, 0.1) is 11.7 Å². The SMILES string of the molecule is O=C(NCC1CC1)c1ccn(-c2ccccc2F)n1. The summed E-state index contributed by atoms with van der Waals surface area (Å²) in [6, 6.07) is 7.92. The second-order valence-corrected chi connectivity index (χ2v) is 4.75. The summed E-state index contributed by atoms with van der Waals surface area (Å²) in [4.78, 5) is 11.8. The van der Waals surface area contributed by atoms with Crippen molar-refractivity contribution >= 4 is 5.91 Å². The van der Waals surface area contributed by atoms with Crippen molar-refractivity contribution in [2.75, 3.05) is 6.54 Å². The standard InChI is InChI=1S/C14H14FN3O/c15-11-3-1-2-4-13(11)18-8-7-12(17-18)14(19)16-9-10-5-6-10/h1-4,7-8,10H,5-6,9H2,(H,16,19). The van der Waals surface area contributed by atoms with Crippen molar-refractivity contribution in [2.45, 2.75) is 12.8 Å². The predicted octanol–water partition coefficient (Wildman–Crippen LogP) is 2.15. The van der Waals surface area contributed by atoms with E-state index in [2.05, 4.69) is 10.4 Å². The molecule has 19 heavy (non-hydrogen) atoms. The Morgan fingerprint density at radius 1 is 1.37 bits per heavy atom. The topological polar surface area (TPSA) is 46.9 Å². The first kappa shape index (κ1) is 11.9. The van der Waals surface area contributed by atoms with Crippen LogP contribution in [0.15, 0.2) is 36.5 Å². The minimum Gasteiger partial charge on any atom is -0.350 e. The van der Waals surface area contributed by atoms with Crippen molar-refractivity contribution in [2.24, 2.45) is 5.92 Å². The molecule has 1 fully saturated rings. The fourth-order valence-corrected chi connectivity index (χ4v) is 1.87. The number of benzene rings is 1. The van der Waals surface area contributed by atoms with E-state index in [0.29, 0.717) is 23.8 Å². The van der Waals surface area contributed by atoms with Crippen LogP contribution in [0.25, 0.3) is 5.69 Å². The van der Waals surface area contributed by atoms with Crippen LogP contribution >= 0.6 is 0 Å². The molecule has 1 saturated carbocycles. The third-order valence-electron chi connectivity index (χ3n) is 3.17. The molecule has 1 amide bonds. The summed E-state index contributed by atoms with van der Waals surface area (Å²) >= 11 is 0. The summed E-state index contributed by atoms with van der Waals surface area (Å²) in [6.07, 6.45) is 3.96. The summed E-state index contributed by atoms with van der Waals surface area (Å²) in [5, 5.41) is 6.94. The van der Waals surface area contributed by atoms with Gasteiger partial charge in [-0.1, -0.05) is 12.1 Å². The van der Waals surface area contributed by atoms with Crippen LogP contribution < -0.4 is 5.32 Å². The van der Waals surface area contributed by atoms with Crippen molar-refractivity contribution in [1.82, 2.24) is 15.1 Å². The lowest BCUT2D eigenvalue weighted by Crippen LogP contribution is -2.26.